The number of hydrogen-bond donors (Lipinski definition) is 2. The van der Waals surface area contributed by atoms with Crippen molar-refractivity contribution in [2.75, 3.05) is 6.61 Å². The van der Waals surface area contributed by atoms with Crippen molar-refractivity contribution in [1.82, 2.24) is 0 Å². The molecule has 0 saturated heterocycles. The van der Waals surface area contributed by atoms with Crippen molar-refractivity contribution in [2.45, 2.75) is 116 Å². The molecule has 0 amide bonds. The number of carboxylic acids is 1. The van der Waals surface area contributed by atoms with Crippen LogP contribution in [-0.2, 0) is 4.79 Å². The molecule has 0 spiro atoms. The summed E-state index contributed by atoms with van der Waals surface area (Å²) in [7, 11) is 0. The number of ether oxygens (including phenoxy) is 1. The van der Waals surface area contributed by atoms with Gasteiger partial charge in [0.25, 0.3) is 0 Å². The van der Waals surface area contributed by atoms with E-state index in [2.05, 4.69) is 6.92 Å². The Balaban J connectivity index is 1.88. The molecule has 0 saturated carbocycles. The predicted octanol–water partition coefficient (Wildman–Crippen LogP) is 7.41. The maximum absolute atomic E-state index is 11.0. The average molecular weight is 420 g/mol. The number of aliphatic carboxylic acids is 1. The Kier molecular flexibility index (Phi) is 16.1. The first kappa shape index (κ1) is 26.5. The third-order valence-corrected chi connectivity index (χ3v) is 5.75. The first-order valence-electron chi connectivity index (χ1n) is 12.4. The van der Waals surface area contributed by atoms with Crippen LogP contribution in [0, 0.1) is 0 Å². The zero-order valence-corrected chi connectivity index (χ0v) is 19.2. The summed E-state index contributed by atoms with van der Waals surface area (Å²) in [5.41, 5.74) is 6.22. The van der Waals surface area contributed by atoms with Crippen molar-refractivity contribution in [3.8, 4) is 5.75 Å². The van der Waals surface area contributed by atoms with Crippen molar-refractivity contribution in [2.24, 2.45) is 5.73 Å². The Morgan fingerprint density at radius 1 is 0.833 bits per heavy atom. The second kappa shape index (κ2) is 18.2. The van der Waals surface area contributed by atoms with Gasteiger partial charge in [0, 0.05) is 0 Å². The topological polar surface area (TPSA) is 72.5 Å². The van der Waals surface area contributed by atoms with Crippen LogP contribution >= 0.6 is 0 Å². The average Bonchev–Trinajstić information content (AvgIpc) is 2.75. The molecule has 172 valence electrons. The number of unbranched alkanes of at least 4 members (excludes halogenated alkanes) is 15. The third-order valence-electron chi connectivity index (χ3n) is 5.75. The van der Waals surface area contributed by atoms with Crippen LogP contribution in [0.2, 0.25) is 0 Å². The zero-order valence-electron chi connectivity index (χ0n) is 19.2. The van der Waals surface area contributed by atoms with E-state index < -0.39 is 12.0 Å². The second-order valence-corrected chi connectivity index (χ2v) is 8.54. The summed E-state index contributed by atoms with van der Waals surface area (Å²) in [5.74, 6) is -0.324. The van der Waals surface area contributed by atoms with E-state index in [0.29, 0.717) is 17.9 Å². The van der Waals surface area contributed by atoms with Gasteiger partial charge >= 0.3 is 5.97 Å². The summed E-state index contributed by atoms with van der Waals surface area (Å²) in [6.45, 7) is 2.95. The van der Waals surface area contributed by atoms with Gasteiger partial charge in [-0.15, -0.1) is 0 Å². The Bertz CT molecular complexity index is 547. The van der Waals surface area contributed by atoms with Crippen LogP contribution in [-0.4, -0.2) is 17.7 Å². The predicted molar refractivity (Wildman–Crippen MR) is 126 cm³/mol. The summed E-state index contributed by atoms with van der Waals surface area (Å²) < 4.78 is 5.75. The first-order valence-corrected chi connectivity index (χ1v) is 12.4. The summed E-state index contributed by atoms with van der Waals surface area (Å²) in [6, 6.07) is 6.10. The van der Waals surface area contributed by atoms with E-state index in [4.69, 9.17) is 15.6 Å². The quantitative estimate of drug-likeness (QED) is 0.216. The van der Waals surface area contributed by atoms with Crippen molar-refractivity contribution < 1.29 is 14.6 Å². The van der Waals surface area contributed by atoms with Crippen LogP contribution in [0.5, 0.6) is 5.75 Å². The summed E-state index contributed by atoms with van der Waals surface area (Å²) in [6.07, 6.45) is 21.7. The molecule has 0 bridgehead atoms. The molecule has 0 aliphatic rings. The monoisotopic (exact) mass is 419 g/mol. The smallest absolute Gasteiger partial charge is 0.325 e. The van der Waals surface area contributed by atoms with Crippen molar-refractivity contribution in [1.29, 1.82) is 0 Å². The van der Waals surface area contributed by atoms with Crippen LogP contribution in [0.15, 0.2) is 24.3 Å². The zero-order chi connectivity index (χ0) is 21.9. The van der Waals surface area contributed by atoms with Gasteiger partial charge in [-0.3, -0.25) is 4.79 Å². The Morgan fingerprint density at radius 3 is 1.77 bits per heavy atom. The molecule has 1 unspecified atom stereocenters. The van der Waals surface area contributed by atoms with E-state index in [1.807, 2.05) is 6.07 Å². The molecule has 30 heavy (non-hydrogen) atoms. The van der Waals surface area contributed by atoms with Crippen molar-refractivity contribution >= 4 is 5.97 Å². The molecule has 4 heteroatoms. The molecule has 0 fully saturated rings. The second-order valence-electron chi connectivity index (χ2n) is 8.54. The molecular weight excluding hydrogens is 374 g/mol. The molecule has 4 nitrogen and oxygen atoms in total. The van der Waals surface area contributed by atoms with Gasteiger partial charge in [0.1, 0.15) is 11.8 Å². The third kappa shape index (κ3) is 13.6. The summed E-state index contributed by atoms with van der Waals surface area (Å²) in [4.78, 5) is 11.0. The van der Waals surface area contributed by atoms with E-state index in [0.717, 1.165) is 6.42 Å². The van der Waals surface area contributed by atoms with Crippen LogP contribution in [0.1, 0.15) is 121 Å². The van der Waals surface area contributed by atoms with E-state index in [9.17, 15) is 4.79 Å². The number of rotatable bonds is 20. The van der Waals surface area contributed by atoms with Gasteiger partial charge in [-0.25, -0.2) is 0 Å². The molecule has 1 atom stereocenters. The lowest BCUT2D eigenvalue weighted by Gasteiger charge is -2.10. The van der Waals surface area contributed by atoms with Crippen LogP contribution in [0.25, 0.3) is 0 Å². The normalized spacial score (nSPS) is 12.1. The van der Waals surface area contributed by atoms with E-state index >= 15 is 0 Å². The van der Waals surface area contributed by atoms with Crippen LogP contribution in [0.3, 0.4) is 0 Å². The van der Waals surface area contributed by atoms with Gasteiger partial charge in [0.2, 0.25) is 0 Å². The lowest BCUT2D eigenvalue weighted by Crippen LogP contribution is -2.20. The van der Waals surface area contributed by atoms with Crippen molar-refractivity contribution in [3.63, 3.8) is 0 Å². The lowest BCUT2D eigenvalue weighted by atomic mass is 10.0. The maximum atomic E-state index is 11.0. The fraction of sp³-hybridized carbons (Fsp3) is 0.731. The Labute approximate surface area is 184 Å². The molecule has 1 aromatic carbocycles. The minimum absolute atomic E-state index is 0.576. The highest BCUT2D eigenvalue weighted by Crippen LogP contribution is 2.19. The van der Waals surface area contributed by atoms with Gasteiger partial charge in [-0.2, -0.15) is 0 Å². The number of hydrogen-bond acceptors (Lipinski definition) is 3. The fourth-order valence-corrected chi connectivity index (χ4v) is 3.78. The SMILES string of the molecule is CCCCCCCCCCCCCCCCCCOc1cccc(C(N)C(=O)O)c1. The molecule has 1 rings (SSSR count). The van der Waals surface area contributed by atoms with Gasteiger partial charge in [0.05, 0.1) is 6.61 Å². The van der Waals surface area contributed by atoms with E-state index in [1.165, 1.54) is 96.3 Å². The molecule has 0 aromatic heterocycles. The molecule has 0 radical (unpaired) electrons. The largest absolute Gasteiger partial charge is 0.494 e. The van der Waals surface area contributed by atoms with Crippen LogP contribution in [0.4, 0.5) is 0 Å². The molecule has 1 aromatic rings. The molecule has 3 N–H and O–H groups in total. The van der Waals surface area contributed by atoms with Crippen LogP contribution < -0.4 is 10.5 Å². The summed E-state index contributed by atoms with van der Waals surface area (Å²) in [5, 5.41) is 8.99. The lowest BCUT2D eigenvalue weighted by molar-refractivity contribution is -0.138. The minimum Gasteiger partial charge on any atom is -0.494 e. The van der Waals surface area contributed by atoms with Gasteiger partial charge in [-0.05, 0) is 24.1 Å². The molecule has 0 aliphatic carbocycles. The number of carboxylic acid groups (broad SMARTS) is 1. The standard InChI is InChI=1S/C26H45NO3/c1-2-3-4-5-6-7-8-9-10-11-12-13-14-15-16-17-21-30-24-20-18-19-23(22-24)25(27)26(28)29/h18-20,22,25H,2-17,21,27H2,1H3,(H,28,29). The Morgan fingerprint density at radius 2 is 1.30 bits per heavy atom. The first-order chi connectivity index (χ1) is 14.6. The number of nitrogens with two attached hydrogens (primary N) is 1. The van der Waals surface area contributed by atoms with Gasteiger partial charge in [0.15, 0.2) is 0 Å². The minimum atomic E-state index is -1.02. The molecular formula is C26H45NO3. The summed E-state index contributed by atoms with van der Waals surface area (Å²) >= 11 is 0. The van der Waals surface area contributed by atoms with Crippen molar-refractivity contribution in [3.05, 3.63) is 29.8 Å². The van der Waals surface area contributed by atoms with E-state index in [-0.39, 0.29) is 0 Å². The van der Waals surface area contributed by atoms with Gasteiger partial charge < -0.3 is 15.6 Å². The number of benzene rings is 1. The highest BCUT2D eigenvalue weighted by atomic mass is 16.5. The molecule has 0 heterocycles. The Hall–Kier alpha value is -1.55. The maximum Gasteiger partial charge on any atom is 0.325 e. The highest BCUT2D eigenvalue weighted by Gasteiger charge is 2.14. The van der Waals surface area contributed by atoms with E-state index in [1.54, 1.807) is 18.2 Å². The fourth-order valence-electron chi connectivity index (χ4n) is 3.78. The number of carbonyl (C=O) groups is 1. The highest BCUT2D eigenvalue weighted by molar-refractivity contribution is 5.75. The molecule has 0 aliphatic heterocycles. The van der Waals surface area contributed by atoms with Gasteiger partial charge in [-0.1, -0.05) is 115 Å².